The maximum Gasteiger partial charge on any atom is 0.460 e. The van der Waals surface area contributed by atoms with Gasteiger partial charge < -0.3 is 0 Å². The first kappa shape index (κ1) is 20.4. The Kier molecular flexibility index (Phi) is 4.85. The van der Waals surface area contributed by atoms with Gasteiger partial charge in [-0.05, 0) is 6.26 Å². The Labute approximate surface area is 111 Å². The lowest BCUT2D eigenvalue weighted by atomic mass is 9.98. The van der Waals surface area contributed by atoms with Crippen molar-refractivity contribution in [3.05, 3.63) is 0 Å². The molecule has 0 fully saturated rings. The number of hydrogen-bond donors (Lipinski definition) is 0. The predicted molar refractivity (Wildman–Crippen MR) is 44.3 cm³/mol. The maximum atomic E-state index is 12.7. The fourth-order valence-corrected chi connectivity index (χ4v) is 1.27. The summed E-state index contributed by atoms with van der Waals surface area (Å²) in [6.45, 7) is 0. The second kappa shape index (κ2) is 4.98. The molecule has 0 aromatic heterocycles. The quantitative estimate of drug-likeness (QED) is 0.614. The summed E-state index contributed by atoms with van der Waals surface area (Å²) in [5.41, 5.74) is 0. The van der Waals surface area contributed by atoms with Crippen LogP contribution in [-0.4, -0.2) is 41.4 Å². The Morgan fingerprint density at radius 3 is 1.00 bits per heavy atom. The van der Waals surface area contributed by atoms with E-state index in [9.17, 15) is 57.1 Å². The van der Waals surface area contributed by atoms with Crippen molar-refractivity contribution in [2.24, 2.45) is 0 Å². The molecule has 0 radical (unpaired) electrons. The molecule has 0 bridgehead atoms. The molecule has 0 saturated heterocycles. The van der Waals surface area contributed by atoms with Crippen molar-refractivity contribution in [1.29, 1.82) is 0 Å². The summed E-state index contributed by atoms with van der Waals surface area (Å²) < 4.78 is 160. The van der Waals surface area contributed by atoms with E-state index >= 15 is 0 Å². The molecule has 0 aromatic rings. The minimum absolute atomic E-state index is 0.0318. The van der Waals surface area contributed by atoms with E-state index in [-0.39, 0.29) is 6.26 Å². The molecule has 0 aliphatic heterocycles. The summed E-state index contributed by atoms with van der Waals surface area (Å²) in [6.07, 6.45) is -7.34. The lowest BCUT2D eigenvalue weighted by Gasteiger charge is -2.39. The second-order valence-electron chi connectivity index (χ2n) is 3.52. The third-order valence-corrected chi connectivity index (χ3v) is 2.93. The van der Waals surface area contributed by atoms with Crippen LogP contribution in [0, 0.1) is 0 Å². The van der Waals surface area contributed by atoms with Crippen LogP contribution < -0.4 is 0 Å². The molecule has 14 heteroatoms. The normalized spacial score (nSPS) is 16.3. The van der Waals surface area contributed by atoms with Crippen molar-refractivity contribution < 1.29 is 57.1 Å². The van der Waals surface area contributed by atoms with Crippen LogP contribution in [0.2, 0.25) is 0 Å². The zero-order chi connectivity index (χ0) is 17.7. The SMILES string of the molecule is CSC(F)(F)C(F)(F)C(F)(F)C(F)(F)C(F)(F)C(F)(F)F. The van der Waals surface area contributed by atoms with E-state index in [0.717, 1.165) is 0 Å². The van der Waals surface area contributed by atoms with Crippen molar-refractivity contribution in [1.82, 2.24) is 0 Å². The fourth-order valence-electron chi connectivity index (χ4n) is 0.883. The molecule has 0 unspecified atom stereocenters. The van der Waals surface area contributed by atoms with E-state index in [4.69, 9.17) is 0 Å². The van der Waals surface area contributed by atoms with Crippen molar-refractivity contribution in [3.63, 3.8) is 0 Å². The zero-order valence-corrected chi connectivity index (χ0v) is 10.1. The van der Waals surface area contributed by atoms with Gasteiger partial charge in [0.1, 0.15) is 0 Å². The lowest BCUT2D eigenvalue weighted by Crippen LogP contribution is -2.69. The van der Waals surface area contributed by atoms with Gasteiger partial charge in [-0.15, -0.1) is 0 Å². The molecule has 0 N–H and O–H groups in total. The van der Waals surface area contributed by atoms with Gasteiger partial charge in [0.2, 0.25) is 0 Å². The molecule has 0 spiro atoms. The van der Waals surface area contributed by atoms with E-state index in [0.29, 0.717) is 0 Å². The molecule has 21 heavy (non-hydrogen) atoms. The lowest BCUT2D eigenvalue weighted by molar-refractivity contribution is -0.433. The van der Waals surface area contributed by atoms with Gasteiger partial charge in [-0.2, -0.15) is 57.1 Å². The minimum atomic E-state index is -7.82. The van der Waals surface area contributed by atoms with Crippen LogP contribution in [0.3, 0.4) is 0 Å². The van der Waals surface area contributed by atoms with E-state index in [1.165, 1.54) is 0 Å². The van der Waals surface area contributed by atoms with E-state index in [1.807, 2.05) is 0 Å². The first-order chi connectivity index (χ1) is 8.81. The minimum Gasteiger partial charge on any atom is -0.192 e. The van der Waals surface area contributed by atoms with Crippen LogP contribution in [0.25, 0.3) is 0 Å². The monoisotopic (exact) mass is 366 g/mol. The Morgan fingerprint density at radius 1 is 0.476 bits per heavy atom. The molecular weight excluding hydrogens is 363 g/mol. The van der Waals surface area contributed by atoms with Crippen LogP contribution in [0.15, 0.2) is 0 Å². The first-order valence-corrected chi connectivity index (χ1v) is 5.54. The third-order valence-electron chi connectivity index (χ3n) is 2.16. The van der Waals surface area contributed by atoms with Crippen LogP contribution in [0.1, 0.15) is 0 Å². The van der Waals surface area contributed by atoms with Crippen molar-refractivity contribution in [2.75, 3.05) is 6.26 Å². The molecule has 0 aliphatic rings. The molecular formula is C7H3F13S. The van der Waals surface area contributed by atoms with Gasteiger partial charge in [0.05, 0.1) is 0 Å². The summed E-state index contributed by atoms with van der Waals surface area (Å²) >= 11 is -1.43. The smallest absolute Gasteiger partial charge is 0.192 e. The zero-order valence-electron chi connectivity index (χ0n) is 9.32. The fraction of sp³-hybridized carbons (Fsp3) is 1.00. The highest BCUT2D eigenvalue weighted by Gasteiger charge is 2.90. The van der Waals surface area contributed by atoms with Gasteiger partial charge in [-0.3, -0.25) is 0 Å². The predicted octanol–water partition coefficient (Wildman–Crippen LogP) is 5.05. The maximum absolute atomic E-state index is 12.7. The highest BCUT2D eigenvalue weighted by Crippen LogP contribution is 2.61. The molecule has 0 rings (SSSR count). The van der Waals surface area contributed by atoms with Gasteiger partial charge in [0.15, 0.2) is 0 Å². The van der Waals surface area contributed by atoms with E-state index in [1.54, 1.807) is 0 Å². The standard InChI is InChI=1S/C7H3F13S/c1-21-7(19,20)5(14,15)3(10,11)2(8,9)4(12,13)6(16,17)18/h1H3. The van der Waals surface area contributed by atoms with Crippen molar-refractivity contribution in [3.8, 4) is 0 Å². The number of halogens is 13. The molecule has 0 aromatic carbocycles. The first-order valence-electron chi connectivity index (χ1n) is 4.32. The topological polar surface area (TPSA) is 0 Å². The van der Waals surface area contributed by atoms with Crippen LogP contribution in [0.4, 0.5) is 57.1 Å². The molecule has 0 nitrogen and oxygen atoms in total. The van der Waals surface area contributed by atoms with Gasteiger partial charge in [0.25, 0.3) is 0 Å². The average molecular weight is 366 g/mol. The number of rotatable bonds is 5. The average Bonchev–Trinajstić information content (AvgIpc) is 2.26. The van der Waals surface area contributed by atoms with E-state index < -0.39 is 46.9 Å². The summed E-state index contributed by atoms with van der Waals surface area (Å²) in [6, 6.07) is 0. The van der Waals surface area contributed by atoms with Crippen LogP contribution >= 0.6 is 11.8 Å². The second-order valence-corrected chi connectivity index (χ2v) is 4.44. The summed E-state index contributed by atoms with van der Waals surface area (Å²) in [5.74, 6) is -30.4. The van der Waals surface area contributed by atoms with Gasteiger partial charge in [-0.25, -0.2) is 0 Å². The van der Waals surface area contributed by atoms with E-state index in [2.05, 4.69) is 0 Å². The number of alkyl halides is 13. The summed E-state index contributed by atoms with van der Waals surface area (Å²) in [5, 5.41) is -6.03. The van der Waals surface area contributed by atoms with Gasteiger partial charge >= 0.3 is 35.1 Å². The Hall–Kier alpha value is -0.560. The van der Waals surface area contributed by atoms with Crippen LogP contribution in [-0.2, 0) is 0 Å². The number of thioether (sulfide) groups is 1. The third kappa shape index (κ3) is 2.63. The highest BCUT2D eigenvalue weighted by atomic mass is 32.2. The molecule has 0 atom stereocenters. The van der Waals surface area contributed by atoms with Crippen LogP contribution in [0.5, 0.6) is 0 Å². The van der Waals surface area contributed by atoms with Gasteiger partial charge in [0, 0.05) is 0 Å². The Morgan fingerprint density at radius 2 is 0.762 bits per heavy atom. The molecule has 128 valence electrons. The van der Waals surface area contributed by atoms with Gasteiger partial charge in [-0.1, -0.05) is 11.8 Å². The molecule has 0 saturated carbocycles. The summed E-state index contributed by atoms with van der Waals surface area (Å²) in [4.78, 5) is 0. The Bertz CT molecular complexity index is 380. The molecule has 0 heterocycles. The molecule has 0 aliphatic carbocycles. The Balaban J connectivity index is 6.14. The summed E-state index contributed by atoms with van der Waals surface area (Å²) in [7, 11) is 0. The molecule has 0 amide bonds. The van der Waals surface area contributed by atoms with Crippen molar-refractivity contribution >= 4 is 11.8 Å². The number of hydrogen-bond acceptors (Lipinski definition) is 1. The van der Waals surface area contributed by atoms with Crippen molar-refractivity contribution in [2.45, 2.75) is 35.1 Å². The largest absolute Gasteiger partial charge is 0.460 e. The highest BCUT2D eigenvalue weighted by molar-refractivity contribution is 7.99.